The second-order valence-corrected chi connectivity index (χ2v) is 5.84. The topological polar surface area (TPSA) is 38.3 Å². The van der Waals surface area contributed by atoms with E-state index >= 15 is 0 Å². The van der Waals surface area contributed by atoms with Gasteiger partial charge in [-0.15, -0.1) is 0 Å². The van der Waals surface area contributed by atoms with Crippen molar-refractivity contribution in [3.05, 3.63) is 35.4 Å². The van der Waals surface area contributed by atoms with Gasteiger partial charge in [0.1, 0.15) is 10.6 Å². The summed E-state index contributed by atoms with van der Waals surface area (Å²) in [4.78, 5) is 11.3. The maximum absolute atomic E-state index is 11.6. The fourth-order valence-corrected chi connectivity index (χ4v) is 1.79. The van der Waals surface area contributed by atoms with Crippen LogP contribution in [0.15, 0.2) is 24.3 Å². The quantitative estimate of drug-likeness (QED) is 0.664. The molecule has 0 fully saturated rings. The molecule has 0 saturated carbocycles. The zero-order valence-corrected chi connectivity index (χ0v) is 12.2. The Bertz CT molecular complexity index is 399. The SMILES string of the molecule is Cc1cccc(C(Br)NC(=O)OC(C)(C)C)c1. The lowest BCUT2D eigenvalue weighted by atomic mass is 10.1. The minimum atomic E-state index is -0.483. The molecule has 17 heavy (non-hydrogen) atoms. The number of carbonyl (C=O) groups excluding carboxylic acids is 1. The van der Waals surface area contributed by atoms with Gasteiger partial charge in [0.15, 0.2) is 0 Å². The lowest BCUT2D eigenvalue weighted by Gasteiger charge is -2.21. The number of carbonyl (C=O) groups is 1. The minimum Gasteiger partial charge on any atom is -0.444 e. The standard InChI is InChI=1S/C13H18BrNO2/c1-9-6-5-7-10(8-9)11(14)15-12(16)17-13(2,3)4/h5-8,11H,1-4H3,(H,15,16). The molecule has 4 heteroatoms. The highest BCUT2D eigenvalue weighted by Crippen LogP contribution is 2.21. The highest BCUT2D eigenvalue weighted by Gasteiger charge is 2.18. The first-order valence-electron chi connectivity index (χ1n) is 5.48. The zero-order valence-electron chi connectivity index (χ0n) is 10.6. The molecule has 1 atom stereocenters. The van der Waals surface area contributed by atoms with Gasteiger partial charge in [0.25, 0.3) is 0 Å². The summed E-state index contributed by atoms with van der Waals surface area (Å²) in [7, 11) is 0. The predicted octanol–water partition coefficient (Wildman–Crippen LogP) is 3.91. The van der Waals surface area contributed by atoms with Gasteiger partial charge in [0, 0.05) is 0 Å². The molecular weight excluding hydrogens is 282 g/mol. The van der Waals surface area contributed by atoms with Gasteiger partial charge >= 0.3 is 6.09 Å². The largest absolute Gasteiger partial charge is 0.444 e. The van der Waals surface area contributed by atoms with E-state index in [4.69, 9.17) is 4.74 Å². The molecular formula is C13H18BrNO2. The van der Waals surface area contributed by atoms with Crippen molar-refractivity contribution in [2.75, 3.05) is 0 Å². The summed E-state index contributed by atoms with van der Waals surface area (Å²) in [6, 6.07) is 7.92. The number of alkyl halides is 1. The van der Waals surface area contributed by atoms with Crippen LogP contribution in [0.1, 0.15) is 36.8 Å². The molecule has 0 radical (unpaired) electrons. The maximum Gasteiger partial charge on any atom is 0.408 e. The van der Waals surface area contributed by atoms with Crippen molar-refractivity contribution in [2.24, 2.45) is 0 Å². The Labute approximate surface area is 111 Å². The second kappa shape index (κ2) is 5.54. The molecule has 1 N–H and O–H groups in total. The van der Waals surface area contributed by atoms with Crippen LogP contribution in [0.3, 0.4) is 0 Å². The Kier molecular flexibility index (Phi) is 4.57. The van der Waals surface area contributed by atoms with Gasteiger partial charge in [-0.25, -0.2) is 4.79 Å². The Morgan fingerprint density at radius 2 is 2.06 bits per heavy atom. The van der Waals surface area contributed by atoms with E-state index in [9.17, 15) is 4.79 Å². The van der Waals surface area contributed by atoms with E-state index in [0.29, 0.717) is 0 Å². The number of hydrogen-bond acceptors (Lipinski definition) is 2. The molecule has 0 aromatic heterocycles. The lowest BCUT2D eigenvalue weighted by Crippen LogP contribution is -2.33. The smallest absolute Gasteiger partial charge is 0.408 e. The Balaban J connectivity index is 2.61. The van der Waals surface area contributed by atoms with Crippen LogP contribution in [0.2, 0.25) is 0 Å². The van der Waals surface area contributed by atoms with Gasteiger partial charge in [0.2, 0.25) is 0 Å². The molecule has 0 heterocycles. The minimum absolute atomic E-state index is 0.239. The number of hydrogen-bond donors (Lipinski definition) is 1. The van der Waals surface area contributed by atoms with Crippen LogP contribution in [-0.4, -0.2) is 11.7 Å². The van der Waals surface area contributed by atoms with Gasteiger partial charge < -0.3 is 10.1 Å². The maximum atomic E-state index is 11.6. The third-order valence-corrected chi connectivity index (χ3v) is 2.74. The van der Waals surface area contributed by atoms with Crippen molar-refractivity contribution in [3.63, 3.8) is 0 Å². The van der Waals surface area contributed by atoms with Gasteiger partial charge in [-0.05, 0) is 33.3 Å². The second-order valence-electron chi connectivity index (χ2n) is 4.92. The summed E-state index contributed by atoms with van der Waals surface area (Å²) in [6.45, 7) is 7.52. The number of alkyl carbamates (subject to hydrolysis) is 1. The third-order valence-electron chi connectivity index (χ3n) is 1.98. The van der Waals surface area contributed by atoms with E-state index in [-0.39, 0.29) is 4.95 Å². The number of aryl methyl sites for hydroxylation is 1. The first-order valence-corrected chi connectivity index (χ1v) is 6.39. The fraction of sp³-hybridized carbons (Fsp3) is 0.462. The molecule has 0 saturated heterocycles. The molecule has 1 rings (SSSR count). The lowest BCUT2D eigenvalue weighted by molar-refractivity contribution is 0.0523. The summed E-state index contributed by atoms with van der Waals surface area (Å²) in [5.74, 6) is 0. The molecule has 0 spiro atoms. The van der Waals surface area contributed by atoms with Crippen LogP contribution in [0, 0.1) is 6.92 Å². The molecule has 0 aliphatic rings. The third kappa shape index (κ3) is 5.22. The fourth-order valence-electron chi connectivity index (χ4n) is 1.32. The van der Waals surface area contributed by atoms with Crippen LogP contribution in [0.25, 0.3) is 0 Å². The van der Waals surface area contributed by atoms with Gasteiger partial charge in [-0.1, -0.05) is 45.8 Å². The summed E-state index contributed by atoms with van der Waals surface area (Å²) >= 11 is 3.42. The van der Waals surface area contributed by atoms with Crippen molar-refractivity contribution >= 4 is 22.0 Å². The first kappa shape index (κ1) is 14.0. The van der Waals surface area contributed by atoms with Crippen LogP contribution in [0.5, 0.6) is 0 Å². The molecule has 0 bridgehead atoms. The highest BCUT2D eigenvalue weighted by molar-refractivity contribution is 9.09. The average molecular weight is 300 g/mol. The highest BCUT2D eigenvalue weighted by atomic mass is 79.9. The molecule has 94 valence electrons. The zero-order chi connectivity index (χ0) is 13.1. The van der Waals surface area contributed by atoms with Crippen LogP contribution >= 0.6 is 15.9 Å². The molecule has 1 aromatic carbocycles. The van der Waals surface area contributed by atoms with E-state index in [0.717, 1.165) is 11.1 Å². The van der Waals surface area contributed by atoms with Gasteiger partial charge in [0.05, 0.1) is 0 Å². The number of ether oxygens (including phenoxy) is 1. The molecule has 1 aromatic rings. The van der Waals surface area contributed by atoms with E-state index in [1.807, 2.05) is 52.0 Å². The predicted molar refractivity (Wildman–Crippen MR) is 72.2 cm³/mol. The van der Waals surface area contributed by atoms with E-state index < -0.39 is 11.7 Å². The van der Waals surface area contributed by atoms with Crippen LogP contribution in [-0.2, 0) is 4.74 Å². The Morgan fingerprint density at radius 3 is 2.59 bits per heavy atom. The molecule has 1 amide bonds. The monoisotopic (exact) mass is 299 g/mol. The van der Waals surface area contributed by atoms with Crippen LogP contribution < -0.4 is 5.32 Å². The molecule has 0 aliphatic heterocycles. The van der Waals surface area contributed by atoms with E-state index in [1.54, 1.807) is 0 Å². The van der Waals surface area contributed by atoms with Gasteiger partial charge in [-0.2, -0.15) is 0 Å². The van der Waals surface area contributed by atoms with Crippen molar-refractivity contribution < 1.29 is 9.53 Å². The first-order chi connectivity index (χ1) is 7.78. The summed E-state index contributed by atoms with van der Waals surface area (Å²) in [5, 5.41) is 2.74. The number of rotatable bonds is 2. The summed E-state index contributed by atoms with van der Waals surface area (Å²) in [5.41, 5.74) is 1.66. The summed E-state index contributed by atoms with van der Waals surface area (Å²) in [6.07, 6.45) is -0.430. The molecule has 0 aliphatic carbocycles. The number of nitrogens with one attached hydrogen (secondary N) is 1. The normalized spacial score (nSPS) is 13.0. The average Bonchev–Trinajstić information content (AvgIpc) is 2.14. The van der Waals surface area contributed by atoms with Crippen molar-refractivity contribution in [3.8, 4) is 0 Å². The Morgan fingerprint density at radius 1 is 1.41 bits per heavy atom. The Hall–Kier alpha value is -1.03. The molecule has 1 unspecified atom stereocenters. The van der Waals surface area contributed by atoms with E-state index in [1.165, 1.54) is 0 Å². The number of amides is 1. The van der Waals surface area contributed by atoms with Gasteiger partial charge in [-0.3, -0.25) is 0 Å². The number of benzene rings is 1. The van der Waals surface area contributed by atoms with Crippen molar-refractivity contribution in [1.29, 1.82) is 0 Å². The summed E-state index contributed by atoms with van der Waals surface area (Å²) < 4.78 is 5.18. The van der Waals surface area contributed by atoms with Crippen molar-refractivity contribution in [1.82, 2.24) is 5.32 Å². The number of halogens is 1. The van der Waals surface area contributed by atoms with Crippen molar-refractivity contribution in [2.45, 2.75) is 38.2 Å². The van der Waals surface area contributed by atoms with E-state index in [2.05, 4.69) is 21.2 Å². The molecule has 3 nitrogen and oxygen atoms in total. The van der Waals surface area contributed by atoms with Crippen LogP contribution in [0.4, 0.5) is 4.79 Å².